The number of pyridine rings is 2. The zero-order valence-corrected chi connectivity index (χ0v) is 21.8. The van der Waals surface area contributed by atoms with Gasteiger partial charge >= 0.3 is 0 Å². The predicted octanol–water partition coefficient (Wildman–Crippen LogP) is 7.62. The van der Waals surface area contributed by atoms with Crippen LogP contribution in [0.25, 0.3) is 38.9 Å². The Labute approximate surface area is 222 Å². The molecule has 5 aromatic rings. The number of aliphatic imine (C=N–C) groups is 1. The van der Waals surface area contributed by atoms with E-state index in [1.807, 2.05) is 24.4 Å². The molecule has 0 saturated carbocycles. The lowest BCUT2D eigenvalue weighted by Gasteiger charge is -2.30. The van der Waals surface area contributed by atoms with Crippen molar-refractivity contribution in [2.75, 3.05) is 0 Å². The fourth-order valence-corrected chi connectivity index (χ4v) is 6.24. The summed E-state index contributed by atoms with van der Waals surface area (Å²) in [6.07, 6.45) is 7.74. The van der Waals surface area contributed by atoms with Crippen LogP contribution in [0.1, 0.15) is 54.5 Å². The number of hydrogen-bond donors (Lipinski definition) is 0. The second kappa shape index (κ2) is 8.63. The Morgan fingerprint density at radius 3 is 2.71 bits per heavy atom. The van der Waals surface area contributed by atoms with Crippen LogP contribution < -0.4 is 4.57 Å². The number of hydrogen-bond acceptors (Lipinski definition) is 3. The third kappa shape index (κ3) is 3.33. The van der Waals surface area contributed by atoms with Crippen molar-refractivity contribution in [3.8, 4) is 11.3 Å². The Balaban J connectivity index is 1.54. The minimum Gasteiger partial charge on any atom is -0.455 e. The van der Waals surface area contributed by atoms with Crippen LogP contribution in [0.2, 0.25) is 0 Å². The van der Waals surface area contributed by atoms with Gasteiger partial charge in [0.25, 0.3) is 0 Å². The molecule has 4 nitrogen and oxygen atoms in total. The summed E-state index contributed by atoms with van der Waals surface area (Å²) < 4.78 is 8.79. The normalized spacial score (nSPS) is 18.6. The van der Waals surface area contributed by atoms with Crippen molar-refractivity contribution in [2.24, 2.45) is 4.99 Å². The lowest BCUT2D eigenvalue weighted by molar-refractivity contribution is -0.572. The second-order valence-corrected chi connectivity index (χ2v) is 10.7. The highest BCUT2D eigenvalue weighted by Crippen LogP contribution is 2.42. The molecular formula is C34H30N3O+. The van der Waals surface area contributed by atoms with Crippen molar-refractivity contribution in [2.45, 2.75) is 44.6 Å². The van der Waals surface area contributed by atoms with Gasteiger partial charge < -0.3 is 4.42 Å². The van der Waals surface area contributed by atoms with E-state index in [4.69, 9.17) is 14.4 Å². The van der Waals surface area contributed by atoms with Crippen LogP contribution in [0.5, 0.6) is 0 Å². The van der Waals surface area contributed by atoms with Gasteiger partial charge in [0.1, 0.15) is 17.2 Å². The van der Waals surface area contributed by atoms with Crippen LogP contribution in [0.15, 0.2) is 102 Å². The maximum atomic E-state index is 6.57. The van der Waals surface area contributed by atoms with E-state index in [-0.39, 0.29) is 12.0 Å². The van der Waals surface area contributed by atoms with Crippen LogP contribution >= 0.6 is 0 Å². The van der Waals surface area contributed by atoms with E-state index in [0.717, 1.165) is 68.7 Å². The summed E-state index contributed by atoms with van der Waals surface area (Å²) in [4.78, 5) is 10.3. The highest BCUT2D eigenvalue weighted by atomic mass is 16.3. The van der Waals surface area contributed by atoms with Crippen molar-refractivity contribution >= 4 is 33.3 Å². The zero-order valence-electron chi connectivity index (χ0n) is 21.8. The van der Waals surface area contributed by atoms with Gasteiger partial charge in [-0.2, -0.15) is 4.57 Å². The molecule has 3 aromatic heterocycles. The van der Waals surface area contributed by atoms with Gasteiger partial charge in [0.05, 0.1) is 11.4 Å². The second-order valence-electron chi connectivity index (χ2n) is 10.7. The summed E-state index contributed by atoms with van der Waals surface area (Å²) in [5.41, 5.74) is 10.6. The lowest BCUT2D eigenvalue weighted by atomic mass is 9.80. The summed E-state index contributed by atoms with van der Waals surface area (Å²) in [6.45, 7) is 13.2. The van der Waals surface area contributed by atoms with Crippen LogP contribution in [0.4, 0.5) is 0 Å². The predicted molar refractivity (Wildman–Crippen MR) is 155 cm³/mol. The maximum Gasteiger partial charge on any atom is 0.224 e. The summed E-state index contributed by atoms with van der Waals surface area (Å²) >= 11 is 0. The van der Waals surface area contributed by atoms with Crippen LogP contribution in [-0.4, -0.2) is 16.7 Å². The maximum absolute atomic E-state index is 6.57. The van der Waals surface area contributed by atoms with Crippen LogP contribution in [0.3, 0.4) is 0 Å². The number of benzene rings is 2. The molecule has 7 rings (SSSR count). The van der Waals surface area contributed by atoms with E-state index < -0.39 is 0 Å². The molecular weight excluding hydrogens is 466 g/mol. The molecule has 38 heavy (non-hydrogen) atoms. The largest absolute Gasteiger partial charge is 0.455 e. The van der Waals surface area contributed by atoms with E-state index in [1.165, 1.54) is 11.1 Å². The van der Waals surface area contributed by atoms with Crippen molar-refractivity contribution in [1.82, 2.24) is 4.98 Å². The minimum atomic E-state index is -0.105. The van der Waals surface area contributed by atoms with Crippen molar-refractivity contribution in [1.29, 1.82) is 0 Å². The minimum absolute atomic E-state index is 0.105. The summed E-state index contributed by atoms with van der Waals surface area (Å²) in [5, 5.41) is 2.13. The number of furan rings is 1. The number of nitrogens with zero attached hydrogens (tertiary/aromatic N) is 3. The number of fused-ring (bicyclic) bond motifs is 10. The first-order valence-corrected chi connectivity index (χ1v) is 13.4. The SMILES string of the molecule is C=CC1=NC2C(=C)[n+]3ccc(C(C)C)cc3-c3c(ncc4c3oc3ccccc34)CCC2c2ccccc21. The molecule has 4 heteroatoms. The van der Waals surface area contributed by atoms with E-state index in [2.05, 4.69) is 86.3 Å². The zero-order chi connectivity index (χ0) is 26.0. The fourth-order valence-electron chi connectivity index (χ4n) is 6.24. The summed E-state index contributed by atoms with van der Waals surface area (Å²) in [5.74, 6) is 0.569. The molecule has 0 amide bonds. The molecule has 2 aliphatic rings. The first-order chi connectivity index (χ1) is 18.5. The van der Waals surface area contributed by atoms with Crippen molar-refractivity contribution in [3.05, 3.63) is 115 Å². The van der Waals surface area contributed by atoms with Crippen molar-refractivity contribution < 1.29 is 8.98 Å². The van der Waals surface area contributed by atoms with Gasteiger partial charge in [-0.1, -0.05) is 62.9 Å². The molecule has 2 atom stereocenters. The molecule has 0 radical (unpaired) electrons. The first kappa shape index (κ1) is 22.9. The van der Waals surface area contributed by atoms with Gasteiger partial charge in [-0.25, -0.2) is 0 Å². The lowest BCUT2D eigenvalue weighted by Crippen LogP contribution is -2.42. The molecule has 0 fully saturated rings. The Morgan fingerprint density at radius 1 is 1.05 bits per heavy atom. The molecule has 186 valence electrons. The topological polar surface area (TPSA) is 42.3 Å². The Morgan fingerprint density at radius 2 is 1.87 bits per heavy atom. The number of aromatic nitrogens is 2. The van der Waals surface area contributed by atoms with E-state index in [0.29, 0.717) is 5.92 Å². The number of rotatable bonds is 2. The molecule has 2 aromatic carbocycles. The Hall–Kier alpha value is -4.31. The molecule has 0 saturated heterocycles. The van der Waals surface area contributed by atoms with Crippen molar-refractivity contribution in [3.63, 3.8) is 0 Å². The average Bonchev–Trinajstić information content (AvgIpc) is 3.34. The standard InChI is InChI=1S/C34H30N3O/c1-5-28-24-11-7-6-10-23(24)26-14-15-29-32(34-27(19-35-29)25-12-8-9-13-31(25)38-34)30-18-22(20(2)3)16-17-37(30)21(4)33(26)36-28/h5-13,16-20,26,33H,1,4,14-15H2,2-3H3/q+1. The molecule has 2 unspecified atom stereocenters. The monoisotopic (exact) mass is 496 g/mol. The molecule has 0 bridgehead atoms. The smallest absolute Gasteiger partial charge is 0.224 e. The van der Waals surface area contributed by atoms with Gasteiger partial charge in [-0.15, -0.1) is 0 Å². The average molecular weight is 497 g/mol. The summed E-state index contributed by atoms with van der Waals surface area (Å²) in [7, 11) is 0. The molecule has 2 aliphatic heterocycles. The van der Waals surface area contributed by atoms with Gasteiger partial charge in [-0.05, 0) is 48.6 Å². The van der Waals surface area contributed by atoms with Crippen LogP contribution in [0, 0.1) is 0 Å². The molecule has 0 N–H and O–H groups in total. The highest BCUT2D eigenvalue weighted by Gasteiger charge is 2.39. The van der Waals surface area contributed by atoms with Crippen LogP contribution in [-0.2, 0) is 6.42 Å². The summed E-state index contributed by atoms with van der Waals surface area (Å²) in [6, 6.07) is 21.2. The van der Waals surface area contributed by atoms with E-state index >= 15 is 0 Å². The molecule has 5 heterocycles. The quantitative estimate of drug-likeness (QED) is 0.236. The number of para-hydroxylation sites is 1. The number of aryl methyl sites for hydroxylation is 1. The highest BCUT2D eigenvalue weighted by molar-refractivity contribution is 6.11. The van der Waals surface area contributed by atoms with Gasteiger partial charge in [0.15, 0.2) is 11.8 Å². The van der Waals surface area contributed by atoms with Gasteiger partial charge in [0, 0.05) is 40.6 Å². The van der Waals surface area contributed by atoms with Gasteiger partial charge in [0.2, 0.25) is 11.4 Å². The van der Waals surface area contributed by atoms with E-state index in [1.54, 1.807) is 0 Å². The first-order valence-electron chi connectivity index (χ1n) is 13.4. The molecule has 0 aliphatic carbocycles. The fraction of sp³-hybridized carbons (Fsp3) is 0.206. The van der Waals surface area contributed by atoms with E-state index in [9.17, 15) is 0 Å². The number of allylic oxidation sites excluding steroid dienone is 1. The third-order valence-electron chi connectivity index (χ3n) is 8.23. The Kier molecular flexibility index (Phi) is 5.19. The third-order valence-corrected chi connectivity index (χ3v) is 8.23. The molecule has 0 spiro atoms. The van der Waals surface area contributed by atoms with Gasteiger partial charge in [-0.3, -0.25) is 9.98 Å². The Bertz CT molecular complexity index is 1810.